The van der Waals surface area contributed by atoms with Crippen molar-refractivity contribution in [1.29, 1.82) is 0 Å². The number of benzene rings is 1. The van der Waals surface area contributed by atoms with Gasteiger partial charge in [0, 0.05) is 0 Å². The molecule has 0 saturated carbocycles. The maximum atomic E-state index is 11.8. The van der Waals surface area contributed by atoms with E-state index in [0.717, 1.165) is 19.3 Å². The van der Waals surface area contributed by atoms with Crippen molar-refractivity contribution in [3.8, 4) is 5.75 Å². The van der Waals surface area contributed by atoms with Crippen molar-refractivity contribution in [3.05, 3.63) is 24.3 Å². The molecule has 0 aliphatic carbocycles. The van der Waals surface area contributed by atoms with Crippen molar-refractivity contribution >= 4 is 16.0 Å². The fourth-order valence-corrected chi connectivity index (χ4v) is 4.17. The summed E-state index contributed by atoms with van der Waals surface area (Å²) in [6.45, 7) is 2.46. The Kier molecular flexibility index (Phi) is 14.7. The topological polar surface area (TPSA) is 75.6 Å². The second-order valence-corrected chi connectivity index (χ2v) is 9.22. The van der Waals surface area contributed by atoms with Gasteiger partial charge in [0.25, 0.3) is 0 Å². The fourth-order valence-electron chi connectivity index (χ4n) is 3.35. The van der Waals surface area contributed by atoms with Crippen molar-refractivity contribution in [2.24, 2.45) is 0 Å². The smallest absolute Gasteiger partial charge is 0.359 e. The normalized spacial score (nSPS) is 11.6. The van der Waals surface area contributed by atoms with Crippen LogP contribution in [0, 0.1) is 0 Å². The highest BCUT2D eigenvalue weighted by Crippen LogP contribution is 2.16. The Labute approximate surface area is 178 Å². The zero-order chi connectivity index (χ0) is 21.2. The summed E-state index contributed by atoms with van der Waals surface area (Å²) in [6.07, 6.45) is 19.1. The summed E-state index contributed by atoms with van der Waals surface area (Å²) in [5.41, 5.74) is 0.374. The molecule has 0 radical (unpaired) electrons. The molecule has 2 N–H and O–H groups in total. The Morgan fingerprint density at radius 1 is 0.724 bits per heavy atom. The molecule has 1 aromatic rings. The molecule has 1 rings (SSSR count). The maximum absolute atomic E-state index is 11.8. The SMILES string of the molecule is CCCCCCCCCCCCCCCCCOS(=O)(=O)Nc1ccc(O)cc1. The first kappa shape index (κ1) is 25.8. The number of rotatable bonds is 19. The van der Waals surface area contributed by atoms with Gasteiger partial charge < -0.3 is 5.11 Å². The maximum Gasteiger partial charge on any atom is 0.359 e. The van der Waals surface area contributed by atoms with E-state index in [1.165, 1.54) is 101 Å². The monoisotopic (exact) mass is 427 g/mol. The highest BCUT2D eigenvalue weighted by molar-refractivity contribution is 7.88. The molecule has 0 amide bonds. The quantitative estimate of drug-likeness (QED) is 0.185. The summed E-state index contributed by atoms with van der Waals surface area (Å²) >= 11 is 0. The van der Waals surface area contributed by atoms with Crippen LogP contribution in [0.15, 0.2) is 24.3 Å². The van der Waals surface area contributed by atoms with E-state index in [1.54, 1.807) is 0 Å². The molecule has 6 heteroatoms. The lowest BCUT2D eigenvalue weighted by Crippen LogP contribution is -2.16. The van der Waals surface area contributed by atoms with Gasteiger partial charge >= 0.3 is 10.3 Å². The predicted molar refractivity (Wildman–Crippen MR) is 122 cm³/mol. The average Bonchev–Trinajstić information content (AvgIpc) is 2.69. The number of hydrogen-bond donors (Lipinski definition) is 2. The van der Waals surface area contributed by atoms with Crippen molar-refractivity contribution in [1.82, 2.24) is 0 Å². The highest BCUT2D eigenvalue weighted by atomic mass is 32.2. The Hall–Kier alpha value is -1.27. The van der Waals surface area contributed by atoms with Gasteiger partial charge in [0.05, 0.1) is 12.3 Å². The molecule has 0 fully saturated rings. The molecule has 0 aromatic heterocycles. The zero-order valence-corrected chi connectivity index (χ0v) is 19.0. The molecule has 0 spiro atoms. The van der Waals surface area contributed by atoms with Crippen LogP contribution in [0.4, 0.5) is 5.69 Å². The molecule has 0 saturated heterocycles. The van der Waals surface area contributed by atoms with E-state index in [0.29, 0.717) is 5.69 Å². The number of hydrogen-bond acceptors (Lipinski definition) is 4. The van der Waals surface area contributed by atoms with E-state index >= 15 is 0 Å². The summed E-state index contributed by atoms with van der Waals surface area (Å²) in [5, 5.41) is 9.21. The van der Waals surface area contributed by atoms with E-state index in [9.17, 15) is 13.5 Å². The zero-order valence-electron chi connectivity index (χ0n) is 18.2. The Morgan fingerprint density at radius 2 is 1.14 bits per heavy atom. The first-order valence-electron chi connectivity index (χ1n) is 11.5. The number of phenolic OH excluding ortho intramolecular Hbond substituents is 1. The van der Waals surface area contributed by atoms with Gasteiger partial charge in [0.15, 0.2) is 0 Å². The molecule has 0 aliphatic heterocycles. The molecule has 168 valence electrons. The number of phenols is 1. The van der Waals surface area contributed by atoms with Crippen LogP contribution >= 0.6 is 0 Å². The third kappa shape index (κ3) is 15.3. The van der Waals surface area contributed by atoms with Gasteiger partial charge in [-0.25, -0.2) is 0 Å². The highest BCUT2D eigenvalue weighted by Gasteiger charge is 2.10. The minimum Gasteiger partial charge on any atom is -0.508 e. The van der Waals surface area contributed by atoms with Gasteiger partial charge in [-0.05, 0) is 30.7 Å². The summed E-state index contributed by atoms with van der Waals surface area (Å²) in [7, 11) is -3.80. The lowest BCUT2D eigenvalue weighted by atomic mass is 10.0. The van der Waals surface area contributed by atoms with Crippen molar-refractivity contribution in [2.75, 3.05) is 11.3 Å². The van der Waals surface area contributed by atoms with Crippen LogP contribution < -0.4 is 4.72 Å². The average molecular weight is 428 g/mol. The van der Waals surface area contributed by atoms with Crippen LogP contribution in [-0.4, -0.2) is 20.1 Å². The molecule has 29 heavy (non-hydrogen) atoms. The fraction of sp³-hybridized carbons (Fsp3) is 0.739. The molecule has 0 bridgehead atoms. The largest absolute Gasteiger partial charge is 0.508 e. The van der Waals surface area contributed by atoms with Crippen LogP contribution in [0.3, 0.4) is 0 Å². The van der Waals surface area contributed by atoms with E-state index in [-0.39, 0.29) is 12.4 Å². The summed E-state index contributed by atoms with van der Waals surface area (Å²) in [5.74, 6) is 0.0895. The lowest BCUT2D eigenvalue weighted by molar-refractivity contribution is 0.309. The van der Waals surface area contributed by atoms with E-state index < -0.39 is 10.3 Å². The third-order valence-electron chi connectivity index (χ3n) is 5.10. The standard InChI is InChI=1S/C23H41NO4S/c1-2-3-4-5-6-7-8-9-10-11-12-13-14-15-16-21-28-29(26,27)24-22-17-19-23(25)20-18-22/h17-20,24-25H,2-16,21H2,1H3. The molecule has 0 unspecified atom stereocenters. The summed E-state index contributed by atoms with van der Waals surface area (Å²) in [4.78, 5) is 0. The minimum absolute atomic E-state index is 0.0895. The third-order valence-corrected chi connectivity index (χ3v) is 6.06. The Balaban J connectivity index is 1.87. The first-order valence-corrected chi connectivity index (χ1v) is 12.9. The van der Waals surface area contributed by atoms with Crippen molar-refractivity contribution in [2.45, 2.75) is 103 Å². The summed E-state index contributed by atoms with van der Waals surface area (Å²) < 4.78 is 31.0. The number of aromatic hydroxyl groups is 1. The van der Waals surface area contributed by atoms with Crippen molar-refractivity contribution in [3.63, 3.8) is 0 Å². The second kappa shape index (κ2) is 16.5. The van der Waals surface area contributed by atoms with Crippen LogP contribution in [0.1, 0.15) is 103 Å². The van der Waals surface area contributed by atoms with E-state index in [4.69, 9.17) is 4.18 Å². The lowest BCUT2D eigenvalue weighted by Gasteiger charge is -2.08. The number of anilines is 1. The Morgan fingerprint density at radius 3 is 1.59 bits per heavy atom. The number of unbranched alkanes of at least 4 members (excludes halogenated alkanes) is 14. The van der Waals surface area contributed by atoms with Crippen LogP contribution in [0.25, 0.3) is 0 Å². The van der Waals surface area contributed by atoms with Gasteiger partial charge in [-0.15, -0.1) is 0 Å². The summed E-state index contributed by atoms with van der Waals surface area (Å²) in [6, 6.07) is 5.83. The van der Waals surface area contributed by atoms with Gasteiger partial charge in [-0.3, -0.25) is 8.91 Å². The molecular formula is C23H41NO4S. The molecule has 5 nitrogen and oxygen atoms in total. The molecule has 0 atom stereocenters. The molecule has 0 heterocycles. The van der Waals surface area contributed by atoms with Crippen LogP contribution in [0.2, 0.25) is 0 Å². The first-order chi connectivity index (χ1) is 14.0. The number of nitrogens with one attached hydrogen (secondary N) is 1. The Bertz CT molecular complexity index is 602. The second-order valence-electron chi connectivity index (χ2n) is 7.87. The molecule has 0 aliphatic rings. The van der Waals surface area contributed by atoms with E-state index in [1.807, 2.05) is 0 Å². The van der Waals surface area contributed by atoms with Crippen molar-refractivity contribution < 1.29 is 17.7 Å². The van der Waals surface area contributed by atoms with Gasteiger partial charge in [0.1, 0.15) is 5.75 Å². The van der Waals surface area contributed by atoms with Gasteiger partial charge in [-0.2, -0.15) is 8.42 Å². The molecular weight excluding hydrogens is 386 g/mol. The van der Waals surface area contributed by atoms with Gasteiger partial charge in [0.2, 0.25) is 0 Å². The van der Waals surface area contributed by atoms with Crippen LogP contribution in [-0.2, 0) is 14.5 Å². The molecule has 1 aromatic carbocycles. The van der Waals surface area contributed by atoms with Gasteiger partial charge in [-0.1, -0.05) is 96.8 Å². The van der Waals surface area contributed by atoms with E-state index in [2.05, 4.69) is 11.6 Å². The van der Waals surface area contributed by atoms with Crippen LogP contribution in [0.5, 0.6) is 5.75 Å². The predicted octanol–water partition coefficient (Wildman–Crippen LogP) is 6.94. The minimum atomic E-state index is -3.80.